The van der Waals surface area contributed by atoms with Crippen LogP contribution in [0.1, 0.15) is 59.7 Å². The lowest BCUT2D eigenvalue weighted by atomic mass is 10.0. The van der Waals surface area contributed by atoms with E-state index in [9.17, 15) is 14.4 Å². The summed E-state index contributed by atoms with van der Waals surface area (Å²) in [4.78, 5) is 51.7. The van der Waals surface area contributed by atoms with Crippen LogP contribution >= 0.6 is 23.2 Å². The summed E-state index contributed by atoms with van der Waals surface area (Å²) in [5, 5.41) is 10.1. The lowest BCUT2D eigenvalue weighted by Crippen LogP contribution is -2.44. The van der Waals surface area contributed by atoms with Crippen LogP contribution in [-0.2, 0) is 36.1 Å². The first-order valence-corrected chi connectivity index (χ1v) is 18.9. The Kier molecular flexibility index (Phi) is 11.3. The van der Waals surface area contributed by atoms with E-state index >= 15 is 0 Å². The third kappa shape index (κ3) is 8.06. The number of rotatable bonds is 11. The highest BCUT2D eigenvalue weighted by atomic mass is 35.5. The molecular weight excluding hydrogens is 715 g/mol. The highest BCUT2D eigenvalue weighted by molar-refractivity contribution is 6.39. The largest absolute Gasteiger partial charge is 0.496 e. The van der Waals surface area contributed by atoms with Crippen LogP contribution in [0.15, 0.2) is 48.7 Å². The predicted molar refractivity (Wildman–Crippen MR) is 205 cm³/mol. The number of methoxy groups -OCH3 is 1. The Labute approximate surface area is 319 Å². The van der Waals surface area contributed by atoms with Gasteiger partial charge in [0.05, 0.1) is 47.3 Å². The minimum atomic E-state index is -0.400. The van der Waals surface area contributed by atoms with Gasteiger partial charge in [-0.05, 0) is 50.6 Å². The second kappa shape index (κ2) is 16.3. The van der Waals surface area contributed by atoms with Gasteiger partial charge in [-0.3, -0.25) is 24.3 Å². The van der Waals surface area contributed by atoms with Gasteiger partial charge in [-0.15, -0.1) is 0 Å². The predicted octanol–water partition coefficient (Wildman–Crippen LogP) is 5.46. The van der Waals surface area contributed by atoms with E-state index in [2.05, 4.69) is 25.8 Å². The fraction of sp³-hybridized carbons (Fsp3) is 0.410. The number of anilines is 1. The molecule has 12 nitrogen and oxygen atoms in total. The molecule has 1 atom stereocenters. The highest BCUT2D eigenvalue weighted by Crippen LogP contribution is 2.41. The standard InChI is InChI=1S/C39H44Cl2N8O4/c1-47-31-14-18-49(34(51)23-48-16-4-3-5-17-48)22-30(31)45-38(47)39(52)46-29-8-6-7-27(35(29)40)28-13-15-43-37(36(28)41)24-9-10-25(32(19-24)53-2)20-42-21-26-11-12-33(50)44-26/h6-10,13,15,19,26,42H,3-5,11-12,14,16-18,20-23H2,1-2H3,(H,44,50)(H,46,52). The van der Waals surface area contributed by atoms with Crippen molar-refractivity contribution in [2.45, 2.75) is 57.7 Å². The van der Waals surface area contributed by atoms with Gasteiger partial charge < -0.3 is 30.2 Å². The van der Waals surface area contributed by atoms with Gasteiger partial charge in [-0.2, -0.15) is 0 Å². The van der Waals surface area contributed by atoms with Crippen LogP contribution in [0.2, 0.25) is 10.0 Å². The number of nitrogens with one attached hydrogen (secondary N) is 3. The average molecular weight is 760 g/mol. The highest BCUT2D eigenvalue weighted by Gasteiger charge is 2.29. The molecule has 1 unspecified atom stereocenters. The van der Waals surface area contributed by atoms with Crippen molar-refractivity contribution in [2.75, 3.05) is 45.2 Å². The molecule has 2 saturated heterocycles. The van der Waals surface area contributed by atoms with Gasteiger partial charge in [0.2, 0.25) is 11.8 Å². The zero-order valence-corrected chi connectivity index (χ0v) is 31.5. The Morgan fingerprint density at radius 1 is 1.02 bits per heavy atom. The summed E-state index contributed by atoms with van der Waals surface area (Å²) in [6.45, 7) is 4.58. The molecule has 0 radical (unpaired) electrons. The quantitative estimate of drug-likeness (QED) is 0.184. The Morgan fingerprint density at radius 3 is 2.60 bits per heavy atom. The van der Waals surface area contributed by atoms with Crippen molar-refractivity contribution in [1.29, 1.82) is 0 Å². The fourth-order valence-corrected chi connectivity index (χ4v) is 8.07. The van der Waals surface area contributed by atoms with Crippen LogP contribution in [0.3, 0.4) is 0 Å². The second-order valence-corrected chi connectivity index (χ2v) is 14.6. The smallest absolute Gasteiger partial charge is 0.291 e. The molecule has 2 fully saturated rings. The molecule has 3 aliphatic heterocycles. The number of piperidine rings is 1. The van der Waals surface area contributed by atoms with Gasteiger partial charge in [-0.1, -0.05) is 53.9 Å². The van der Waals surface area contributed by atoms with E-state index in [-0.39, 0.29) is 23.7 Å². The van der Waals surface area contributed by atoms with Gasteiger partial charge in [-0.25, -0.2) is 4.98 Å². The molecule has 53 heavy (non-hydrogen) atoms. The first kappa shape index (κ1) is 36.9. The van der Waals surface area contributed by atoms with Gasteiger partial charge in [0.15, 0.2) is 5.82 Å². The molecule has 3 amide bonds. The van der Waals surface area contributed by atoms with Crippen molar-refractivity contribution in [3.8, 4) is 28.1 Å². The van der Waals surface area contributed by atoms with Crippen LogP contribution < -0.4 is 20.7 Å². The monoisotopic (exact) mass is 758 g/mol. The summed E-state index contributed by atoms with van der Waals surface area (Å²) in [5.41, 5.74) is 5.69. The molecule has 0 bridgehead atoms. The SMILES string of the molecule is COc1cc(-c2nccc(-c3cccc(NC(=O)c4nc5c(n4C)CCN(C(=O)CN4CCCCC4)C5)c3Cl)c2Cl)ccc1CNCC1CCC(=O)N1. The Hall–Kier alpha value is -4.49. The van der Waals surface area contributed by atoms with Crippen LogP contribution in [0.5, 0.6) is 5.75 Å². The molecule has 278 valence electrons. The molecule has 0 saturated carbocycles. The summed E-state index contributed by atoms with van der Waals surface area (Å²) in [6.07, 6.45) is 7.19. The maximum atomic E-state index is 13.7. The summed E-state index contributed by atoms with van der Waals surface area (Å²) < 4.78 is 7.53. The maximum Gasteiger partial charge on any atom is 0.291 e. The Morgan fingerprint density at radius 2 is 1.83 bits per heavy atom. The number of halogens is 2. The third-order valence-corrected chi connectivity index (χ3v) is 11.2. The number of likely N-dealkylation sites (tertiary alicyclic amines) is 1. The summed E-state index contributed by atoms with van der Waals surface area (Å²) in [6, 6.07) is 13.1. The first-order chi connectivity index (χ1) is 25.7. The van der Waals surface area contributed by atoms with Gasteiger partial charge in [0.1, 0.15) is 5.75 Å². The van der Waals surface area contributed by atoms with E-state index in [0.29, 0.717) is 83.9 Å². The van der Waals surface area contributed by atoms with Gasteiger partial charge in [0, 0.05) is 79.7 Å². The van der Waals surface area contributed by atoms with Crippen LogP contribution in [-0.4, -0.2) is 87.9 Å². The van der Waals surface area contributed by atoms with E-state index in [1.54, 1.807) is 25.4 Å². The van der Waals surface area contributed by atoms with E-state index in [0.717, 1.165) is 54.9 Å². The van der Waals surface area contributed by atoms with Crippen molar-refractivity contribution in [2.24, 2.45) is 7.05 Å². The fourth-order valence-electron chi connectivity index (χ4n) is 7.47. The molecular formula is C39H44Cl2N8O4. The number of aromatic nitrogens is 3. The van der Waals surface area contributed by atoms with Crippen molar-refractivity contribution in [3.63, 3.8) is 0 Å². The van der Waals surface area contributed by atoms with Crippen LogP contribution in [0, 0.1) is 0 Å². The van der Waals surface area contributed by atoms with E-state index in [1.165, 1.54) is 6.42 Å². The topological polar surface area (TPSA) is 134 Å². The molecule has 5 heterocycles. The minimum Gasteiger partial charge on any atom is -0.496 e. The molecule has 2 aromatic heterocycles. The van der Waals surface area contributed by atoms with Crippen molar-refractivity contribution >= 4 is 46.6 Å². The lowest BCUT2D eigenvalue weighted by Gasteiger charge is -2.31. The van der Waals surface area contributed by atoms with E-state index in [1.807, 2.05) is 46.8 Å². The molecule has 0 aliphatic carbocycles. The Bertz CT molecular complexity index is 2030. The first-order valence-electron chi connectivity index (χ1n) is 18.2. The number of hydrogen-bond donors (Lipinski definition) is 3. The molecule has 3 N–H and O–H groups in total. The molecule has 14 heteroatoms. The number of benzene rings is 2. The number of ether oxygens (including phenoxy) is 1. The average Bonchev–Trinajstić information content (AvgIpc) is 3.74. The Balaban J connectivity index is 1.05. The number of nitrogens with zero attached hydrogens (tertiary/aromatic N) is 5. The van der Waals surface area contributed by atoms with E-state index in [4.69, 9.17) is 32.9 Å². The molecule has 7 rings (SSSR count). The van der Waals surface area contributed by atoms with Gasteiger partial charge in [0.25, 0.3) is 5.91 Å². The molecule has 4 aromatic rings. The summed E-state index contributed by atoms with van der Waals surface area (Å²) >= 11 is 14.0. The summed E-state index contributed by atoms with van der Waals surface area (Å²) in [7, 11) is 3.45. The number of pyridine rings is 1. The van der Waals surface area contributed by atoms with Crippen molar-refractivity contribution < 1.29 is 19.1 Å². The number of imidazole rings is 1. The zero-order valence-electron chi connectivity index (χ0n) is 30.0. The number of amides is 3. The van der Waals surface area contributed by atoms with Crippen molar-refractivity contribution in [1.82, 2.24) is 35.0 Å². The number of fused-ring (bicyclic) bond motifs is 1. The molecule has 3 aliphatic rings. The molecule has 0 spiro atoms. The normalized spacial score (nSPS) is 17.4. The zero-order chi connectivity index (χ0) is 37.1. The van der Waals surface area contributed by atoms with Crippen LogP contribution in [0.25, 0.3) is 22.4 Å². The van der Waals surface area contributed by atoms with Crippen LogP contribution in [0.4, 0.5) is 5.69 Å². The second-order valence-electron chi connectivity index (χ2n) is 13.9. The third-order valence-electron chi connectivity index (χ3n) is 10.4. The number of carbonyl (C=O) groups excluding carboxylic acids is 3. The molecule has 2 aromatic carbocycles. The number of carbonyl (C=O) groups is 3. The minimum absolute atomic E-state index is 0.0938. The maximum absolute atomic E-state index is 13.7. The van der Waals surface area contributed by atoms with Crippen molar-refractivity contribution in [3.05, 3.63) is 81.5 Å². The van der Waals surface area contributed by atoms with E-state index < -0.39 is 5.91 Å². The summed E-state index contributed by atoms with van der Waals surface area (Å²) in [5.74, 6) is 0.736. The lowest BCUT2D eigenvalue weighted by molar-refractivity contribution is -0.133. The number of hydrogen-bond acceptors (Lipinski definition) is 8. The van der Waals surface area contributed by atoms with Gasteiger partial charge >= 0.3 is 0 Å².